The molecule has 0 aliphatic carbocycles. The van der Waals surface area contributed by atoms with Gasteiger partial charge in [-0.3, -0.25) is 0 Å². The highest BCUT2D eigenvalue weighted by atomic mass is 32.2. The normalized spacial score (nSPS) is 16.3. The Balaban J connectivity index is 4.25. The van der Waals surface area contributed by atoms with Crippen LogP contribution in [0.25, 0.3) is 0 Å². The van der Waals surface area contributed by atoms with Crippen molar-refractivity contribution in [1.29, 1.82) is 0 Å². The van der Waals surface area contributed by atoms with Crippen molar-refractivity contribution in [2.24, 2.45) is 0 Å². The summed E-state index contributed by atoms with van der Waals surface area (Å²) >= 11 is 0. The average Bonchev–Trinajstić information content (AvgIpc) is 2.14. The third-order valence-electron chi connectivity index (χ3n) is 2.57. The molecule has 0 amide bonds. The lowest BCUT2D eigenvalue weighted by Gasteiger charge is -2.23. The summed E-state index contributed by atoms with van der Waals surface area (Å²) in [6, 6.07) is 0.0279. The molecule has 0 aliphatic rings. The summed E-state index contributed by atoms with van der Waals surface area (Å²) < 4.78 is 27.8. The van der Waals surface area contributed by atoms with Crippen LogP contribution < -0.4 is 5.32 Å². The molecule has 0 spiro atoms. The van der Waals surface area contributed by atoms with Gasteiger partial charge in [0, 0.05) is 26.0 Å². The molecule has 0 aliphatic heterocycles. The Labute approximate surface area is 93.3 Å². The van der Waals surface area contributed by atoms with Crippen molar-refractivity contribution < 1.29 is 13.2 Å². The summed E-state index contributed by atoms with van der Waals surface area (Å²) in [5, 5.41) is 2.87. The van der Waals surface area contributed by atoms with E-state index in [1.165, 1.54) is 6.26 Å². The molecule has 0 saturated heterocycles. The van der Waals surface area contributed by atoms with Crippen LogP contribution in [0.2, 0.25) is 0 Å². The topological polar surface area (TPSA) is 55.4 Å². The van der Waals surface area contributed by atoms with Crippen LogP contribution in [0.15, 0.2) is 0 Å². The first kappa shape index (κ1) is 14.9. The van der Waals surface area contributed by atoms with Crippen molar-refractivity contribution in [3.8, 4) is 0 Å². The van der Waals surface area contributed by atoms with E-state index in [2.05, 4.69) is 5.32 Å². The molecule has 0 fully saturated rings. The molecule has 0 aromatic carbocycles. The fourth-order valence-corrected chi connectivity index (χ4v) is 2.34. The molecule has 0 saturated carbocycles. The van der Waals surface area contributed by atoms with Crippen LogP contribution in [0.4, 0.5) is 0 Å². The van der Waals surface area contributed by atoms with E-state index in [9.17, 15) is 8.42 Å². The van der Waals surface area contributed by atoms with Gasteiger partial charge in [0.2, 0.25) is 0 Å². The van der Waals surface area contributed by atoms with Crippen molar-refractivity contribution in [3.05, 3.63) is 0 Å². The van der Waals surface area contributed by atoms with Crippen molar-refractivity contribution in [2.45, 2.75) is 38.0 Å². The Hall–Kier alpha value is -0.130. The highest BCUT2D eigenvalue weighted by Crippen LogP contribution is 2.10. The maximum absolute atomic E-state index is 11.4. The number of hydrogen-bond donors (Lipinski definition) is 1. The molecule has 5 heteroatoms. The molecule has 0 bridgehead atoms. The number of ether oxygens (including phenoxy) is 1. The molecule has 92 valence electrons. The predicted octanol–water partition coefficient (Wildman–Crippen LogP) is 0.824. The van der Waals surface area contributed by atoms with Crippen LogP contribution in [-0.4, -0.2) is 46.2 Å². The van der Waals surface area contributed by atoms with E-state index in [1.54, 1.807) is 14.0 Å². The molecule has 1 N–H and O–H groups in total. The van der Waals surface area contributed by atoms with Gasteiger partial charge in [0.15, 0.2) is 9.84 Å². The lowest BCUT2D eigenvalue weighted by atomic mass is 10.1. The largest absolute Gasteiger partial charge is 0.385 e. The Morgan fingerprint density at radius 1 is 1.40 bits per heavy atom. The maximum Gasteiger partial charge on any atom is 0.151 e. The third-order valence-corrected chi connectivity index (χ3v) is 4.25. The minimum Gasteiger partial charge on any atom is -0.385 e. The van der Waals surface area contributed by atoms with Gasteiger partial charge in [0.05, 0.1) is 5.25 Å². The zero-order valence-corrected chi connectivity index (χ0v) is 10.9. The molecule has 2 unspecified atom stereocenters. The number of nitrogens with one attached hydrogen (secondary N) is 1. The maximum atomic E-state index is 11.4. The second-order valence-electron chi connectivity index (χ2n) is 3.83. The SMILES string of the molecule is CCNC(CCCOC)C(C)S(C)(=O)=O. The molecule has 15 heavy (non-hydrogen) atoms. The van der Waals surface area contributed by atoms with E-state index in [0.29, 0.717) is 6.61 Å². The van der Waals surface area contributed by atoms with E-state index in [-0.39, 0.29) is 11.3 Å². The summed E-state index contributed by atoms with van der Waals surface area (Å²) in [5.41, 5.74) is 0. The summed E-state index contributed by atoms with van der Waals surface area (Å²) in [7, 11) is -1.31. The monoisotopic (exact) mass is 237 g/mol. The van der Waals surface area contributed by atoms with E-state index in [1.807, 2.05) is 6.92 Å². The quantitative estimate of drug-likeness (QED) is 0.635. The summed E-state index contributed by atoms with van der Waals surface area (Å²) in [6.45, 7) is 5.21. The number of rotatable bonds is 8. The first-order valence-corrected chi connectivity index (χ1v) is 7.30. The first-order chi connectivity index (χ1) is 6.93. The van der Waals surface area contributed by atoms with Crippen LogP contribution in [-0.2, 0) is 14.6 Å². The standard InChI is InChI=1S/C10H23NO3S/c1-5-11-10(7-6-8-14-3)9(2)15(4,12)13/h9-11H,5-8H2,1-4H3. The zero-order chi connectivity index (χ0) is 11.9. The Morgan fingerprint density at radius 3 is 2.40 bits per heavy atom. The number of hydrogen-bond acceptors (Lipinski definition) is 4. The molecular formula is C10H23NO3S. The minimum atomic E-state index is -2.96. The molecule has 0 rings (SSSR count). The summed E-state index contributed by atoms with van der Waals surface area (Å²) in [6.07, 6.45) is 3.00. The summed E-state index contributed by atoms with van der Waals surface area (Å²) in [5.74, 6) is 0. The lowest BCUT2D eigenvalue weighted by Crippen LogP contribution is -2.42. The van der Waals surface area contributed by atoms with Gasteiger partial charge in [0.1, 0.15) is 0 Å². The van der Waals surface area contributed by atoms with Gasteiger partial charge in [-0.2, -0.15) is 0 Å². The van der Waals surface area contributed by atoms with Crippen LogP contribution in [0, 0.1) is 0 Å². The summed E-state index contributed by atoms with van der Waals surface area (Å²) in [4.78, 5) is 0. The average molecular weight is 237 g/mol. The molecule has 0 aromatic rings. The van der Waals surface area contributed by atoms with Crippen LogP contribution in [0.3, 0.4) is 0 Å². The van der Waals surface area contributed by atoms with E-state index in [0.717, 1.165) is 19.4 Å². The second kappa shape index (κ2) is 7.19. The third kappa shape index (κ3) is 6.12. The van der Waals surface area contributed by atoms with Crippen molar-refractivity contribution in [3.63, 3.8) is 0 Å². The Bertz CT molecular complexity index is 251. The molecule has 4 nitrogen and oxygen atoms in total. The van der Waals surface area contributed by atoms with E-state index < -0.39 is 9.84 Å². The van der Waals surface area contributed by atoms with E-state index in [4.69, 9.17) is 4.74 Å². The van der Waals surface area contributed by atoms with Crippen LogP contribution >= 0.6 is 0 Å². The molecule has 0 aromatic heterocycles. The van der Waals surface area contributed by atoms with E-state index >= 15 is 0 Å². The van der Waals surface area contributed by atoms with Crippen LogP contribution in [0.1, 0.15) is 26.7 Å². The predicted molar refractivity (Wildman–Crippen MR) is 62.9 cm³/mol. The fourth-order valence-electron chi connectivity index (χ4n) is 1.51. The van der Waals surface area contributed by atoms with Gasteiger partial charge >= 0.3 is 0 Å². The highest BCUT2D eigenvalue weighted by Gasteiger charge is 2.24. The van der Waals surface area contributed by atoms with Crippen molar-refractivity contribution in [2.75, 3.05) is 26.5 Å². The van der Waals surface area contributed by atoms with Gasteiger partial charge < -0.3 is 10.1 Å². The minimum absolute atomic E-state index is 0.0279. The Morgan fingerprint density at radius 2 is 2.00 bits per heavy atom. The second-order valence-corrected chi connectivity index (χ2v) is 6.24. The van der Waals surface area contributed by atoms with Crippen molar-refractivity contribution in [1.82, 2.24) is 5.32 Å². The fraction of sp³-hybridized carbons (Fsp3) is 1.00. The van der Waals surface area contributed by atoms with Gasteiger partial charge in [-0.25, -0.2) is 8.42 Å². The smallest absolute Gasteiger partial charge is 0.151 e. The zero-order valence-electron chi connectivity index (χ0n) is 10.1. The molecule has 0 radical (unpaired) electrons. The van der Waals surface area contributed by atoms with Crippen molar-refractivity contribution >= 4 is 9.84 Å². The molecular weight excluding hydrogens is 214 g/mol. The Kier molecular flexibility index (Phi) is 7.13. The van der Waals surface area contributed by atoms with Gasteiger partial charge in [0.25, 0.3) is 0 Å². The first-order valence-electron chi connectivity index (χ1n) is 5.34. The van der Waals surface area contributed by atoms with Gasteiger partial charge in [-0.1, -0.05) is 6.92 Å². The van der Waals surface area contributed by atoms with Gasteiger partial charge in [-0.15, -0.1) is 0 Å². The van der Waals surface area contributed by atoms with Crippen LogP contribution in [0.5, 0.6) is 0 Å². The number of sulfone groups is 1. The highest BCUT2D eigenvalue weighted by molar-refractivity contribution is 7.91. The number of methoxy groups -OCH3 is 1. The van der Waals surface area contributed by atoms with Gasteiger partial charge in [-0.05, 0) is 26.3 Å². The lowest BCUT2D eigenvalue weighted by molar-refractivity contribution is 0.188. The molecule has 2 atom stereocenters. The molecule has 0 heterocycles.